The third kappa shape index (κ3) is 10.7. The molecule has 0 aromatic heterocycles. The number of carbonyl (C=O) groups excluding carboxylic acids is 3. The first kappa shape index (κ1) is 32.4. The van der Waals surface area contributed by atoms with E-state index in [9.17, 15) is 14.4 Å². The summed E-state index contributed by atoms with van der Waals surface area (Å²) in [6, 6.07) is 25.4. The quantitative estimate of drug-likeness (QED) is 0.200. The van der Waals surface area contributed by atoms with Crippen molar-refractivity contribution >= 4 is 17.7 Å². The topological polar surface area (TPSA) is 102 Å². The molecular formula is C35H45N3O4. The zero-order valence-corrected chi connectivity index (χ0v) is 25.1. The molecule has 3 amide bonds. The second-order valence-electron chi connectivity index (χ2n) is 11.2. The molecule has 42 heavy (non-hydrogen) atoms. The van der Waals surface area contributed by atoms with Crippen LogP contribution in [0.25, 0.3) is 0 Å². The van der Waals surface area contributed by atoms with Gasteiger partial charge in [0, 0.05) is 19.4 Å². The maximum atomic E-state index is 13.8. The molecule has 0 spiro atoms. The summed E-state index contributed by atoms with van der Waals surface area (Å²) in [5, 5.41) is 2.87. The van der Waals surface area contributed by atoms with Gasteiger partial charge in [-0.3, -0.25) is 14.4 Å². The van der Waals surface area contributed by atoms with Crippen molar-refractivity contribution in [2.45, 2.75) is 84.5 Å². The Labute approximate surface area is 250 Å². The van der Waals surface area contributed by atoms with Crippen LogP contribution < -0.4 is 15.8 Å². The number of hydrogen-bond donors (Lipinski definition) is 2. The Bertz CT molecular complexity index is 1250. The molecule has 2 atom stereocenters. The first-order valence-corrected chi connectivity index (χ1v) is 15.0. The fourth-order valence-corrected chi connectivity index (χ4v) is 4.83. The summed E-state index contributed by atoms with van der Waals surface area (Å²) in [7, 11) is 0. The van der Waals surface area contributed by atoms with Gasteiger partial charge in [-0.05, 0) is 47.6 Å². The third-order valence-corrected chi connectivity index (χ3v) is 7.16. The minimum atomic E-state index is -0.882. The number of rotatable bonds is 17. The number of ether oxygens (including phenoxy) is 1. The molecule has 0 aliphatic rings. The fourth-order valence-electron chi connectivity index (χ4n) is 4.83. The van der Waals surface area contributed by atoms with Gasteiger partial charge in [-0.25, -0.2) is 0 Å². The van der Waals surface area contributed by atoms with Crippen LogP contribution in [0, 0.1) is 5.92 Å². The first-order valence-electron chi connectivity index (χ1n) is 15.0. The number of benzene rings is 3. The highest BCUT2D eigenvalue weighted by Gasteiger charge is 2.32. The minimum absolute atomic E-state index is 0.0765. The predicted molar refractivity (Wildman–Crippen MR) is 166 cm³/mol. The molecule has 3 N–H and O–H groups in total. The number of amides is 3. The number of primary amides is 1. The van der Waals surface area contributed by atoms with Crippen LogP contribution in [-0.4, -0.2) is 34.7 Å². The molecule has 3 aromatic carbocycles. The fraction of sp³-hybridized carbons (Fsp3) is 0.400. The van der Waals surface area contributed by atoms with E-state index in [1.165, 1.54) is 0 Å². The highest BCUT2D eigenvalue weighted by Crippen LogP contribution is 2.21. The standard InChI is InChI=1S/C35H45N3O4/c1-4-5-8-17-33(39)38(24-28-18-20-30(21-19-28)42-25-29-15-11-7-12-16-29)32(22-26(2)3)35(41)37-31(34(36)40)23-27-13-9-6-10-14-27/h6-7,9-16,18-21,26,31-32H,4-5,8,17,22-25H2,1-3H3,(H2,36,40)(H,37,41)/t31-,32-/m0/s1. The van der Waals surface area contributed by atoms with Crippen LogP contribution >= 0.6 is 0 Å². The Kier molecular flexibility index (Phi) is 13.1. The van der Waals surface area contributed by atoms with Crippen molar-refractivity contribution < 1.29 is 19.1 Å². The Morgan fingerprint density at radius 2 is 1.45 bits per heavy atom. The van der Waals surface area contributed by atoms with Gasteiger partial charge in [0.1, 0.15) is 24.4 Å². The van der Waals surface area contributed by atoms with E-state index in [2.05, 4.69) is 12.2 Å². The summed E-state index contributed by atoms with van der Waals surface area (Å²) in [5.74, 6) is -0.184. The Hall–Kier alpha value is -4.13. The Balaban J connectivity index is 1.80. The lowest BCUT2D eigenvalue weighted by atomic mass is 9.98. The van der Waals surface area contributed by atoms with Crippen molar-refractivity contribution in [2.75, 3.05) is 0 Å². The van der Waals surface area contributed by atoms with Crippen LogP contribution in [0.5, 0.6) is 5.75 Å². The van der Waals surface area contributed by atoms with Gasteiger partial charge in [-0.1, -0.05) is 106 Å². The van der Waals surface area contributed by atoms with Gasteiger partial charge in [-0.15, -0.1) is 0 Å². The molecule has 3 rings (SSSR count). The number of nitrogens with zero attached hydrogens (tertiary/aromatic N) is 1. The molecule has 0 radical (unpaired) electrons. The number of nitrogens with two attached hydrogens (primary N) is 1. The maximum Gasteiger partial charge on any atom is 0.243 e. The van der Waals surface area contributed by atoms with Gasteiger partial charge in [0.05, 0.1) is 0 Å². The van der Waals surface area contributed by atoms with E-state index in [1.807, 2.05) is 98.8 Å². The molecule has 0 bridgehead atoms. The predicted octanol–water partition coefficient (Wildman–Crippen LogP) is 5.80. The van der Waals surface area contributed by atoms with E-state index in [1.54, 1.807) is 4.90 Å². The van der Waals surface area contributed by atoms with Crippen molar-refractivity contribution in [1.82, 2.24) is 10.2 Å². The lowest BCUT2D eigenvalue weighted by Crippen LogP contribution is -2.55. The summed E-state index contributed by atoms with van der Waals surface area (Å²) >= 11 is 0. The molecule has 224 valence electrons. The molecule has 0 fully saturated rings. The number of nitrogens with one attached hydrogen (secondary N) is 1. The van der Waals surface area contributed by atoms with Crippen molar-refractivity contribution in [1.29, 1.82) is 0 Å². The summed E-state index contributed by atoms with van der Waals surface area (Å²) in [6.45, 7) is 6.87. The first-order chi connectivity index (χ1) is 20.3. The van der Waals surface area contributed by atoms with E-state index in [-0.39, 0.29) is 30.7 Å². The Morgan fingerprint density at radius 1 is 0.833 bits per heavy atom. The SMILES string of the molecule is CCCCCC(=O)N(Cc1ccc(OCc2ccccc2)cc1)[C@@H](CC(C)C)C(=O)N[C@@H](Cc1ccccc1)C(N)=O. The van der Waals surface area contributed by atoms with E-state index < -0.39 is 18.0 Å². The third-order valence-electron chi connectivity index (χ3n) is 7.16. The van der Waals surface area contributed by atoms with E-state index in [0.29, 0.717) is 19.4 Å². The van der Waals surface area contributed by atoms with Crippen molar-refractivity contribution in [3.63, 3.8) is 0 Å². The number of hydrogen-bond acceptors (Lipinski definition) is 4. The van der Waals surface area contributed by atoms with Gasteiger partial charge >= 0.3 is 0 Å². The molecule has 7 heteroatoms. The number of carbonyl (C=O) groups is 3. The largest absolute Gasteiger partial charge is 0.489 e. The van der Waals surface area contributed by atoms with Crippen molar-refractivity contribution in [2.24, 2.45) is 11.7 Å². The molecule has 0 heterocycles. The van der Waals surface area contributed by atoms with Crippen LogP contribution in [0.3, 0.4) is 0 Å². The lowest BCUT2D eigenvalue weighted by molar-refractivity contribution is -0.142. The molecule has 0 saturated carbocycles. The van der Waals surface area contributed by atoms with Crippen molar-refractivity contribution in [3.8, 4) is 5.75 Å². The second-order valence-corrected chi connectivity index (χ2v) is 11.2. The molecule has 0 saturated heterocycles. The smallest absolute Gasteiger partial charge is 0.243 e. The van der Waals surface area contributed by atoms with Gasteiger partial charge in [0.25, 0.3) is 0 Å². The molecule has 3 aromatic rings. The van der Waals surface area contributed by atoms with E-state index in [4.69, 9.17) is 10.5 Å². The van der Waals surface area contributed by atoms with Crippen LogP contribution in [0.4, 0.5) is 0 Å². The normalized spacial score (nSPS) is 12.4. The molecule has 0 unspecified atom stereocenters. The van der Waals surface area contributed by atoms with Crippen LogP contribution in [-0.2, 0) is 34.0 Å². The van der Waals surface area contributed by atoms with Crippen LogP contribution in [0.15, 0.2) is 84.9 Å². The minimum Gasteiger partial charge on any atom is -0.489 e. The zero-order chi connectivity index (χ0) is 30.3. The molecular weight excluding hydrogens is 526 g/mol. The monoisotopic (exact) mass is 571 g/mol. The number of unbranched alkanes of at least 4 members (excludes halogenated alkanes) is 2. The molecule has 0 aliphatic carbocycles. The molecule has 0 aliphatic heterocycles. The van der Waals surface area contributed by atoms with Gasteiger partial charge in [-0.2, -0.15) is 0 Å². The van der Waals surface area contributed by atoms with Crippen molar-refractivity contribution in [3.05, 3.63) is 102 Å². The van der Waals surface area contributed by atoms with Gasteiger partial charge in [0.2, 0.25) is 17.7 Å². The summed E-state index contributed by atoms with van der Waals surface area (Å²) in [5.41, 5.74) is 8.57. The van der Waals surface area contributed by atoms with Crippen LogP contribution in [0.2, 0.25) is 0 Å². The summed E-state index contributed by atoms with van der Waals surface area (Å²) in [6.07, 6.45) is 3.79. The zero-order valence-electron chi connectivity index (χ0n) is 25.1. The van der Waals surface area contributed by atoms with Gasteiger partial charge < -0.3 is 20.7 Å². The summed E-state index contributed by atoms with van der Waals surface area (Å²) in [4.78, 5) is 41.4. The lowest BCUT2D eigenvalue weighted by Gasteiger charge is -2.33. The maximum absolute atomic E-state index is 13.8. The van der Waals surface area contributed by atoms with E-state index >= 15 is 0 Å². The average Bonchev–Trinajstić information content (AvgIpc) is 2.99. The van der Waals surface area contributed by atoms with E-state index in [0.717, 1.165) is 41.7 Å². The highest BCUT2D eigenvalue weighted by atomic mass is 16.5. The Morgan fingerprint density at radius 3 is 2.02 bits per heavy atom. The highest BCUT2D eigenvalue weighted by molar-refractivity contribution is 5.91. The summed E-state index contributed by atoms with van der Waals surface area (Å²) < 4.78 is 5.93. The van der Waals surface area contributed by atoms with Crippen LogP contribution in [0.1, 0.15) is 69.6 Å². The van der Waals surface area contributed by atoms with Gasteiger partial charge in [0.15, 0.2) is 0 Å². The second kappa shape index (κ2) is 17.0. The molecule has 7 nitrogen and oxygen atoms in total. The average molecular weight is 572 g/mol.